The number of halogens is 2. The highest BCUT2D eigenvalue weighted by Crippen LogP contribution is 2.28. The minimum Gasteiger partial charge on any atom is -0.370 e. The van der Waals surface area contributed by atoms with Gasteiger partial charge in [-0.25, -0.2) is 9.37 Å². The zero-order valence-corrected chi connectivity index (χ0v) is 11.2. The number of primary amides is 1. The summed E-state index contributed by atoms with van der Waals surface area (Å²) in [4.78, 5) is 15.1. The number of fused-ring (bicyclic) bond motifs is 1. The Hall–Kier alpha value is -1.63. The van der Waals surface area contributed by atoms with Crippen molar-refractivity contribution >= 4 is 38.8 Å². The third-order valence-electron chi connectivity index (χ3n) is 2.70. The first-order chi connectivity index (χ1) is 8.40. The predicted octanol–water partition coefficient (Wildman–Crippen LogP) is 1.96. The third kappa shape index (κ3) is 2.17. The number of benzene rings is 1. The van der Waals surface area contributed by atoms with E-state index in [2.05, 4.69) is 20.9 Å². The van der Waals surface area contributed by atoms with Crippen LogP contribution in [0.3, 0.4) is 0 Å². The van der Waals surface area contributed by atoms with Crippen molar-refractivity contribution in [3.63, 3.8) is 0 Å². The summed E-state index contributed by atoms with van der Waals surface area (Å²) in [6.45, 7) is 1.78. The van der Waals surface area contributed by atoms with E-state index in [0.717, 1.165) is 0 Å². The summed E-state index contributed by atoms with van der Waals surface area (Å²) in [6.07, 6.45) is 0.118. The second-order valence-corrected chi connectivity index (χ2v) is 4.97. The summed E-state index contributed by atoms with van der Waals surface area (Å²) in [5.74, 6) is -0.618. The molecule has 1 aromatic carbocycles. The molecule has 1 heterocycles. The number of nitrogens with two attached hydrogens (primary N) is 2. The quantitative estimate of drug-likeness (QED) is 0.907. The number of hydrogen-bond donors (Lipinski definition) is 2. The first-order valence-corrected chi connectivity index (χ1v) is 6.10. The van der Waals surface area contributed by atoms with Crippen LogP contribution < -0.4 is 11.5 Å². The number of carbonyl (C=O) groups excluding carboxylic acids is 1. The van der Waals surface area contributed by atoms with E-state index in [1.807, 2.05) is 0 Å². The van der Waals surface area contributed by atoms with Crippen LogP contribution in [0, 0.1) is 5.82 Å². The molecule has 4 N–H and O–H groups in total. The average molecular weight is 315 g/mol. The van der Waals surface area contributed by atoms with E-state index in [9.17, 15) is 9.18 Å². The molecule has 0 aliphatic rings. The zero-order chi connectivity index (χ0) is 13.4. The summed E-state index contributed by atoms with van der Waals surface area (Å²) < 4.78 is 15.5. The fourth-order valence-electron chi connectivity index (χ4n) is 1.95. The van der Waals surface area contributed by atoms with E-state index in [1.54, 1.807) is 17.6 Å². The van der Waals surface area contributed by atoms with Crippen LogP contribution in [0.1, 0.15) is 19.4 Å². The van der Waals surface area contributed by atoms with Gasteiger partial charge in [-0.1, -0.05) is 0 Å². The molecule has 0 bridgehead atoms. The number of anilines is 1. The van der Waals surface area contributed by atoms with Gasteiger partial charge in [0.25, 0.3) is 0 Å². The molecule has 1 aromatic heterocycles. The Balaban J connectivity index is 2.59. The van der Waals surface area contributed by atoms with Crippen LogP contribution in [0.5, 0.6) is 0 Å². The Morgan fingerprint density at radius 1 is 1.61 bits per heavy atom. The standard InChI is InChI=1S/C11H12BrFN4O/c1-5(2-10(14)18)17-9-4-7(13)6(12)3-8(9)16-11(17)15/h3-5H,2H2,1H3,(H2,14,18)(H2,15,16). The number of rotatable bonds is 3. The first kappa shape index (κ1) is 12.8. The van der Waals surface area contributed by atoms with Crippen molar-refractivity contribution < 1.29 is 9.18 Å². The van der Waals surface area contributed by atoms with Gasteiger partial charge >= 0.3 is 0 Å². The molecule has 1 atom stereocenters. The fourth-order valence-corrected chi connectivity index (χ4v) is 2.29. The van der Waals surface area contributed by atoms with Crippen molar-refractivity contribution in [2.45, 2.75) is 19.4 Å². The molecule has 1 amide bonds. The van der Waals surface area contributed by atoms with Crippen LogP contribution >= 0.6 is 15.9 Å². The van der Waals surface area contributed by atoms with Crippen LogP contribution in [0.4, 0.5) is 10.3 Å². The van der Waals surface area contributed by atoms with Crippen molar-refractivity contribution in [1.29, 1.82) is 0 Å². The van der Waals surface area contributed by atoms with E-state index in [0.29, 0.717) is 15.5 Å². The monoisotopic (exact) mass is 314 g/mol. The molecule has 96 valence electrons. The number of hydrogen-bond acceptors (Lipinski definition) is 3. The maximum atomic E-state index is 13.5. The molecular formula is C11H12BrFN4O. The average Bonchev–Trinajstić information content (AvgIpc) is 2.53. The largest absolute Gasteiger partial charge is 0.370 e. The summed E-state index contributed by atoms with van der Waals surface area (Å²) in [6, 6.07) is 2.61. The van der Waals surface area contributed by atoms with Gasteiger partial charge in [0.1, 0.15) is 5.82 Å². The van der Waals surface area contributed by atoms with Crippen LogP contribution in [0.25, 0.3) is 11.0 Å². The Morgan fingerprint density at radius 3 is 2.89 bits per heavy atom. The van der Waals surface area contributed by atoms with Crippen molar-refractivity contribution in [2.75, 3.05) is 5.73 Å². The molecule has 0 saturated heterocycles. The SMILES string of the molecule is CC(CC(N)=O)n1c(N)nc2cc(Br)c(F)cc21. The zero-order valence-electron chi connectivity index (χ0n) is 9.65. The van der Waals surface area contributed by atoms with E-state index in [4.69, 9.17) is 11.5 Å². The molecule has 2 rings (SSSR count). The summed E-state index contributed by atoms with van der Waals surface area (Å²) in [5, 5.41) is 0. The van der Waals surface area contributed by atoms with Crippen LogP contribution in [0.2, 0.25) is 0 Å². The molecular weight excluding hydrogens is 303 g/mol. The summed E-state index contributed by atoms with van der Waals surface area (Å²) >= 11 is 3.09. The van der Waals surface area contributed by atoms with Gasteiger partial charge in [-0.05, 0) is 28.9 Å². The van der Waals surface area contributed by atoms with E-state index in [1.165, 1.54) is 6.07 Å². The molecule has 1 unspecified atom stereocenters. The van der Waals surface area contributed by atoms with E-state index in [-0.39, 0.29) is 18.4 Å². The van der Waals surface area contributed by atoms with Crippen LogP contribution in [-0.2, 0) is 4.79 Å². The topological polar surface area (TPSA) is 86.9 Å². The van der Waals surface area contributed by atoms with Gasteiger partial charge in [-0.3, -0.25) is 4.79 Å². The number of aromatic nitrogens is 2. The number of imidazole rings is 1. The fraction of sp³-hybridized carbons (Fsp3) is 0.273. The van der Waals surface area contributed by atoms with Gasteiger partial charge in [0.15, 0.2) is 0 Å². The van der Waals surface area contributed by atoms with Gasteiger partial charge < -0.3 is 16.0 Å². The lowest BCUT2D eigenvalue weighted by atomic mass is 10.2. The van der Waals surface area contributed by atoms with E-state index >= 15 is 0 Å². The van der Waals surface area contributed by atoms with Crippen molar-refractivity contribution in [1.82, 2.24) is 9.55 Å². The van der Waals surface area contributed by atoms with Crippen molar-refractivity contribution in [3.05, 3.63) is 22.4 Å². The van der Waals surface area contributed by atoms with Crippen molar-refractivity contribution in [2.24, 2.45) is 5.73 Å². The number of nitrogens with zero attached hydrogens (tertiary/aromatic N) is 2. The first-order valence-electron chi connectivity index (χ1n) is 5.31. The highest BCUT2D eigenvalue weighted by molar-refractivity contribution is 9.10. The molecule has 0 radical (unpaired) electrons. The van der Waals surface area contributed by atoms with Crippen LogP contribution in [0.15, 0.2) is 16.6 Å². The number of nitrogen functional groups attached to an aromatic ring is 1. The molecule has 0 spiro atoms. The smallest absolute Gasteiger partial charge is 0.219 e. The Labute approximate surface area is 111 Å². The van der Waals surface area contributed by atoms with Gasteiger partial charge in [0, 0.05) is 18.5 Å². The lowest BCUT2D eigenvalue weighted by Crippen LogP contribution is -2.18. The minimum atomic E-state index is -0.443. The minimum absolute atomic E-state index is 0.118. The van der Waals surface area contributed by atoms with Gasteiger partial charge in [-0.2, -0.15) is 0 Å². The highest BCUT2D eigenvalue weighted by atomic mass is 79.9. The lowest BCUT2D eigenvalue weighted by molar-refractivity contribution is -0.118. The molecule has 0 saturated carbocycles. The second kappa shape index (κ2) is 4.56. The summed E-state index contributed by atoms with van der Waals surface area (Å²) in [7, 11) is 0. The van der Waals surface area contributed by atoms with E-state index < -0.39 is 11.7 Å². The normalized spacial score (nSPS) is 12.8. The molecule has 0 aliphatic carbocycles. The molecule has 0 aliphatic heterocycles. The Bertz CT molecular complexity index is 625. The van der Waals surface area contributed by atoms with Crippen molar-refractivity contribution in [3.8, 4) is 0 Å². The maximum absolute atomic E-state index is 13.5. The van der Waals surface area contributed by atoms with Gasteiger partial charge in [0.05, 0.1) is 15.5 Å². The molecule has 18 heavy (non-hydrogen) atoms. The molecule has 2 aromatic rings. The van der Waals surface area contributed by atoms with Gasteiger partial charge in [0.2, 0.25) is 11.9 Å². The molecule has 0 fully saturated rings. The molecule has 7 heteroatoms. The summed E-state index contributed by atoms with van der Waals surface area (Å²) in [5.41, 5.74) is 12.1. The third-order valence-corrected chi connectivity index (χ3v) is 3.30. The van der Waals surface area contributed by atoms with Crippen LogP contribution in [-0.4, -0.2) is 15.5 Å². The Kier molecular flexibility index (Phi) is 3.25. The second-order valence-electron chi connectivity index (χ2n) is 4.11. The number of carbonyl (C=O) groups is 1. The maximum Gasteiger partial charge on any atom is 0.219 e. The van der Waals surface area contributed by atoms with Gasteiger partial charge in [-0.15, -0.1) is 0 Å². The Morgan fingerprint density at radius 2 is 2.28 bits per heavy atom. The number of amides is 1. The highest BCUT2D eigenvalue weighted by Gasteiger charge is 2.17. The lowest BCUT2D eigenvalue weighted by Gasteiger charge is -2.14. The molecule has 5 nitrogen and oxygen atoms in total. The predicted molar refractivity (Wildman–Crippen MR) is 70.3 cm³/mol.